The van der Waals surface area contributed by atoms with Crippen molar-refractivity contribution in [2.45, 2.75) is 25.8 Å². The summed E-state index contributed by atoms with van der Waals surface area (Å²) in [5, 5.41) is 2.68. The molecule has 0 radical (unpaired) electrons. The van der Waals surface area contributed by atoms with Crippen molar-refractivity contribution in [2.75, 3.05) is 18.1 Å². The van der Waals surface area contributed by atoms with E-state index in [1.807, 2.05) is 0 Å². The van der Waals surface area contributed by atoms with Crippen LogP contribution in [0.4, 0.5) is 5.69 Å². The molecule has 1 saturated heterocycles. The lowest BCUT2D eigenvalue weighted by molar-refractivity contribution is -0.119. The highest BCUT2D eigenvalue weighted by Gasteiger charge is 2.36. The quantitative estimate of drug-likeness (QED) is 0.848. The lowest BCUT2D eigenvalue weighted by atomic mass is 10.1. The van der Waals surface area contributed by atoms with Crippen molar-refractivity contribution in [2.24, 2.45) is 0 Å². The van der Waals surface area contributed by atoms with Gasteiger partial charge in [-0.15, -0.1) is 0 Å². The molecule has 114 valence electrons. The number of amides is 1. The SMILES string of the molecule is CC(=O)c1cccc(NC(=O)[C@H]2CCCN2S(C)(=O)=O)c1. The van der Waals surface area contributed by atoms with Crippen molar-refractivity contribution in [3.63, 3.8) is 0 Å². The van der Waals surface area contributed by atoms with Gasteiger partial charge in [-0.25, -0.2) is 8.42 Å². The maximum absolute atomic E-state index is 12.3. The number of nitrogens with zero attached hydrogens (tertiary/aromatic N) is 1. The number of carbonyl (C=O) groups is 2. The van der Waals surface area contributed by atoms with Crippen LogP contribution in [-0.4, -0.2) is 43.3 Å². The zero-order chi connectivity index (χ0) is 15.6. The monoisotopic (exact) mass is 310 g/mol. The largest absolute Gasteiger partial charge is 0.325 e. The van der Waals surface area contributed by atoms with Gasteiger partial charge in [0.2, 0.25) is 15.9 Å². The van der Waals surface area contributed by atoms with Gasteiger partial charge in [0.05, 0.1) is 6.26 Å². The predicted molar refractivity (Wildman–Crippen MR) is 79.6 cm³/mol. The molecule has 21 heavy (non-hydrogen) atoms. The molecule has 6 nitrogen and oxygen atoms in total. The maximum Gasteiger partial charge on any atom is 0.242 e. The first-order chi connectivity index (χ1) is 9.79. The van der Waals surface area contributed by atoms with Crippen LogP contribution in [0.25, 0.3) is 0 Å². The van der Waals surface area contributed by atoms with Crippen molar-refractivity contribution in [1.29, 1.82) is 0 Å². The molecular weight excluding hydrogens is 292 g/mol. The molecule has 7 heteroatoms. The summed E-state index contributed by atoms with van der Waals surface area (Å²) in [6.45, 7) is 1.81. The standard InChI is InChI=1S/C14H18N2O4S/c1-10(17)11-5-3-6-12(9-11)15-14(18)13-7-4-8-16(13)21(2,19)20/h3,5-6,9,13H,4,7-8H2,1-2H3,(H,15,18)/t13-/m1/s1. The van der Waals surface area contributed by atoms with E-state index in [-0.39, 0.29) is 11.7 Å². The summed E-state index contributed by atoms with van der Waals surface area (Å²) in [7, 11) is -3.39. The summed E-state index contributed by atoms with van der Waals surface area (Å²) in [5.41, 5.74) is 0.993. The summed E-state index contributed by atoms with van der Waals surface area (Å²) in [6, 6.07) is 5.91. The lowest BCUT2D eigenvalue weighted by Gasteiger charge is -2.21. The first-order valence-electron chi connectivity index (χ1n) is 6.68. The van der Waals surface area contributed by atoms with Gasteiger partial charge in [0.15, 0.2) is 5.78 Å². The summed E-state index contributed by atoms with van der Waals surface area (Å²) in [5.74, 6) is -0.455. The number of nitrogens with one attached hydrogen (secondary N) is 1. The maximum atomic E-state index is 12.3. The lowest BCUT2D eigenvalue weighted by Crippen LogP contribution is -2.42. The van der Waals surface area contributed by atoms with Crippen LogP contribution >= 0.6 is 0 Å². The molecule has 0 saturated carbocycles. The smallest absolute Gasteiger partial charge is 0.242 e. The first-order valence-corrected chi connectivity index (χ1v) is 8.52. The molecule has 1 aromatic carbocycles. The van der Waals surface area contributed by atoms with Crippen LogP contribution in [0.2, 0.25) is 0 Å². The molecule has 2 rings (SSSR count). The fraction of sp³-hybridized carbons (Fsp3) is 0.429. The number of hydrogen-bond donors (Lipinski definition) is 1. The second-order valence-corrected chi connectivity index (χ2v) is 7.09. The predicted octanol–water partition coefficient (Wildman–Crippen LogP) is 1.25. The average molecular weight is 310 g/mol. The van der Waals surface area contributed by atoms with Crippen LogP contribution in [0, 0.1) is 0 Å². The third kappa shape index (κ3) is 3.68. The second-order valence-electron chi connectivity index (χ2n) is 5.16. The van der Waals surface area contributed by atoms with Crippen LogP contribution in [0.1, 0.15) is 30.1 Å². The van der Waals surface area contributed by atoms with E-state index in [4.69, 9.17) is 0 Å². The van der Waals surface area contributed by atoms with Gasteiger partial charge in [-0.3, -0.25) is 9.59 Å². The van der Waals surface area contributed by atoms with E-state index in [1.54, 1.807) is 24.3 Å². The average Bonchev–Trinajstić information content (AvgIpc) is 2.88. The third-order valence-corrected chi connectivity index (χ3v) is 4.76. The highest BCUT2D eigenvalue weighted by Crippen LogP contribution is 2.22. The fourth-order valence-corrected chi connectivity index (χ4v) is 3.56. The van der Waals surface area contributed by atoms with E-state index >= 15 is 0 Å². The van der Waals surface area contributed by atoms with Crippen LogP contribution in [0.3, 0.4) is 0 Å². The zero-order valence-electron chi connectivity index (χ0n) is 12.0. The zero-order valence-corrected chi connectivity index (χ0v) is 12.8. The Morgan fingerprint density at radius 2 is 2.05 bits per heavy atom. The number of anilines is 1. The summed E-state index contributed by atoms with van der Waals surface area (Å²) in [4.78, 5) is 23.6. The normalized spacial score (nSPS) is 19.4. The minimum absolute atomic E-state index is 0.0928. The number of Topliss-reactive ketones (excluding diaryl/α,β-unsaturated/α-hetero) is 1. The number of carbonyl (C=O) groups excluding carboxylic acids is 2. The van der Waals surface area contributed by atoms with Gasteiger partial charge in [-0.2, -0.15) is 4.31 Å². The van der Waals surface area contributed by atoms with Crippen LogP contribution < -0.4 is 5.32 Å². The van der Waals surface area contributed by atoms with E-state index in [2.05, 4.69) is 5.32 Å². The van der Waals surface area contributed by atoms with Crippen molar-refractivity contribution in [3.8, 4) is 0 Å². The molecule has 1 aromatic rings. The molecule has 1 aliphatic heterocycles. The molecule has 1 atom stereocenters. The topological polar surface area (TPSA) is 83.6 Å². The molecule has 0 bridgehead atoms. The minimum atomic E-state index is -3.39. The Bertz CT molecular complexity index is 669. The Balaban J connectivity index is 2.14. The molecule has 0 aromatic heterocycles. The molecule has 0 spiro atoms. The third-order valence-electron chi connectivity index (χ3n) is 3.47. The van der Waals surface area contributed by atoms with E-state index in [0.717, 1.165) is 6.26 Å². The van der Waals surface area contributed by atoms with E-state index in [1.165, 1.54) is 11.2 Å². The minimum Gasteiger partial charge on any atom is -0.325 e. The van der Waals surface area contributed by atoms with Crippen LogP contribution in [0.15, 0.2) is 24.3 Å². The van der Waals surface area contributed by atoms with Gasteiger partial charge in [-0.1, -0.05) is 12.1 Å². The van der Waals surface area contributed by atoms with Crippen LogP contribution in [0.5, 0.6) is 0 Å². The Labute approximate surface area is 124 Å². The Hall–Kier alpha value is -1.73. The number of ketones is 1. The number of sulfonamides is 1. The molecule has 1 heterocycles. The Morgan fingerprint density at radius 3 is 2.67 bits per heavy atom. The summed E-state index contributed by atoms with van der Waals surface area (Å²) in [6.07, 6.45) is 2.28. The van der Waals surface area contributed by atoms with Crippen molar-refractivity contribution < 1.29 is 18.0 Å². The summed E-state index contributed by atoms with van der Waals surface area (Å²) < 4.78 is 24.5. The second kappa shape index (κ2) is 5.95. The molecule has 1 N–H and O–H groups in total. The first kappa shape index (κ1) is 15.7. The fourth-order valence-electron chi connectivity index (χ4n) is 2.44. The Kier molecular flexibility index (Phi) is 4.43. The molecule has 1 fully saturated rings. The summed E-state index contributed by atoms with van der Waals surface area (Å²) >= 11 is 0. The van der Waals surface area contributed by atoms with Gasteiger partial charge < -0.3 is 5.32 Å². The molecule has 0 aliphatic carbocycles. The van der Waals surface area contributed by atoms with E-state index in [9.17, 15) is 18.0 Å². The number of hydrogen-bond acceptors (Lipinski definition) is 4. The highest BCUT2D eigenvalue weighted by atomic mass is 32.2. The van der Waals surface area contributed by atoms with Gasteiger partial charge in [0.1, 0.15) is 6.04 Å². The van der Waals surface area contributed by atoms with Gasteiger partial charge in [-0.05, 0) is 31.9 Å². The van der Waals surface area contributed by atoms with E-state index in [0.29, 0.717) is 30.6 Å². The molecule has 1 aliphatic rings. The number of rotatable bonds is 4. The van der Waals surface area contributed by atoms with Gasteiger partial charge >= 0.3 is 0 Å². The van der Waals surface area contributed by atoms with Crippen LogP contribution in [-0.2, 0) is 14.8 Å². The van der Waals surface area contributed by atoms with E-state index < -0.39 is 16.1 Å². The van der Waals surface area contributed by atoms with Crippen molar-refractivity contribution >= 4 is 27.4 Å². The van der Waals surface area contributed by atoms with Gasteiger partial charge in [0.25, 0.3) is 0 Å². The number of benzene rings is 1. The van der Waals surface area contributed by atoms with Gasteiger partial charge in [0, 0.05) is 17.8 Å². The highest BCUT2D eigenvalue weighted by molar-refractivity contribution is 7.88. The molecule has 0 unspecified atom stereocenters. The Morgan fingerprint density at radius 1 is 1.33 bits per heavy atom. The van der Waals surface area contributed by atoms with Crippen molar-refractivity contribution in [1.82, 2.24) is 4.31 Å². The molecular formula is C14H18N2O4S. The molecule has 1 amide bonds. The van der Waals surface area contributed by atoms with Crippen molar-refractivity contribution in [3.05, 3.63) is 29.8 Å².